The average molecular weight is 335 g/mol. The van der Waals surface area contributed by atoms with E-state index in [4.69, 9.17) is 4.74 Å². The number of nitrogens with zero attached hydrogens (tertiary/aromatic N) is 1. The van der Waals surface area contributed by atoms with Gasteiger partial charge in [-0.2, -0.15) is 0 Å². The molecule has 0 saturated heterocycles. The van der Waals surface area contributed by atoms with E-state index in [1.165, 1.54) is 25.0 Å². The van der Waals surface area contributed by atoms with Crippen LogP contribution in [0.3, 0.4) is 0 Å². The number of ether oxygens (including phenoxy) is 1. The molecule has 0 aromatic heterocycles. The second kappa shape index (κ2) is 9.40. The van der Waals surface area contributed by atoms with Gasteiger partial charge in [0.2, 0.25) is 0 Å². The van der Waals surface area contributed by atoms with E-state index in [-0.39, 0.29) is 24.3 Å². The van der Waals surface area contributed by atoms with Gasteiger partial charge in [-0.3, -0.25) is 9.59 Å². The van der Waals surface area contributed by atoms with Crippen LogP contribution in [0.4, 0.5) is 4.39 Å². The van der Waals surface area contributed by atoms with Crippen LogP contribution >= 0.6 is 0 Å². The fraction of sp³-hybridized carbons (Fsp3) is 0.579. The number of hydrogen-bond acceptors (Lipinski definition) is 3. The van der Waals surface area contributed by atoms with E-state index in [0.717, 1.165) is 25.7 Å². The molecule has 132 valence electrons. The van der Waals surface area contributed by atoms with Gasteiger partial charge in [0.05, 0.1) is 13.0 Å². The Kier molecular flexibility index (Phi) is 7.22. The van der Waals surface area contributed by atoms with Crippen LogP contribution in [0.25, 0.3) is 0 Å². The van der Waals surface area contributed by atoms with Crippen LogP contribution in [-0.2, 0) is 9.53 Å². The van der Waals surface area contributed by atoms with Gasteiger partial charge < -0.3 is 9.64 Å². The molecule has 0 heterocycles. The van der Waals surface area contributed by atoms with Crippen molar-refractivity contribution in [2.75, 3.05) is 13.2 Å². The van der Waals surface area contributed by atoms with Gasteiger partial charge >= 0.3 is 5.97 Å². The number of carbonyl (C=O) groups excluding carboxylic acids is 2. The Morgan fingerprint density at radius 3 is 2.54 bits per heavy atom. The molecule has 0 unspecified atom stereocenters. The molecule has 1 aromatic rings. The Morgan fingerprint density at radius 2 is 1.92 bits per heavy atom. The zero-order valence-electron chi connectivity index (χ0n) is 14.3. The molecule has 1 aliphatic carbocycles. The first-order chi connectivity index (χ1) is 11.6. The summed E-state index contributed by atoms with van der Waals surface area (Å²) in [5.74, 6) is -0.930. The van der Waals surface area contributed by atoms with Gasteiger partial charge in [-0.1, -0.05) is 31.7 Å². The molecule has 0 spiro atoms. The van der Waals surface area contributed by atoms with E-state index in [0.29, 0.717) is 18.7 Å². The highest BCUT2D eigenvalue weighted by Gasteiger charge is 2.26. The third kappa shape index (κ3) is 5.32. The fourth-order valence-corrected chi connectivity index (χ4v) is 3.25. The van der Waals surface area contributed by atoms with Crippen LogP contribution in [0.2, 0.25) is 0 Å². The number of amides is 1. The SMILES string of the molecule is CCOC(=O)CCN(C(=O)c1cccc(F)c1)C1CCCCCC1. The summed E-state index contributed by atoms with van der Waals surface area (Å²) in [6, 6.07) is 5.86. The molecule has 1 amide bonds. The Morgan fingerprint density at radius 1 is 1.21 bits per heavy atom. The Balaban J connectivity index is 2.14. The molecule has 0 aliphatic heterocycles. The molecule has 4 nitrogen and oxygen atoms in total. The molecule has 0 radical (unpaired) electrons. The van der Waals surface area contributed by atoms with Crippen LogP contribution in [0.15, 0.2) is 24.3 Å². The van der Waals surface area contributed by atoms with Crippen molar-refractivity contribution in [3.63, 3.8) is 0 Å². The summed E-state index contributed by atoms with van der Waals surface area (Å²) in [4.78, 5) is 26.3. The van der Waals surface area contributed by atoms with E-state index < -0.39 is 5.82 Å². The van der Waals surface area contributed by atoms with E-state index in [1.54, 1.807) is 24.0 Å². The van der Waals surface area contributed by atoms with Crippen molar-refractivity contribution in [2.45, 2.75) is 57.9 Å². The highest BCUT2D eigenvalue weighted by molar-refractivity contribution is 5.94. The lowest BCUT2D eigenvalue weighted by atomic mass is 10.0. The van der Waals surface area contributed by atoms with E-state index >= 15 is 0 Å². The quantitative estimate of drug-likeness (QED) is 0.584. The third-order valence-corrected chi connectivity index (χ3v) is 4.46. The Bertz CT molecular complexity index is 553. The highest BCUT2D eigenvalue weighted by atomic mass is 19.1. The number of benzene rings is 1. The first kappa shape index (κ1) is 18.4. The lowest BCUT2D eigenvalue weighted by Crippen LogP contribution is -2.41. The van der Waals surface area contributed by atoms with Crippen molar-refractivity contribution in [3.8, 4) is 0 Å². The summed E-state index contributed by atoms with van der Waals surface area (Å²) in [6.07, 6.45) is 6.56. The summed E-state index contributed by atoms with van der Waals surface area (Å²) in [5, 5.41) is 0. The van der Waals surface area contributed by atoms with Gasteiger partial charge in [0.1, 0.15) is 5.82 Å². The van der Waals surface area contributed by atoms with Crippen LogP contribution in [0.5, 0.6) is 0 Å². The highest BCUT2D eigenvalue weighted by Crippen LogP contribution is 2.24. The molecular weight excluding hydrogens is 309 g/mol. The predicted molar refractivity (Wildman–Crippen MR) is 90.2 cm³/mol. The summed E-state index contributed by atoms with van der Waals surface area (Å²) in [5.41, 5.74) is 0.336. The Hall–Kier alpha value is -1.91. The summed E-state index contributed by atoms with van der Waals surface area (Å²) >= 11 is 0. The first-order valence-electron chi connectivity index (χ1n) is 8.84. The van der Waals surface area contributed by atoms with Crippen molar-refractivity contribution >= 4 is 11.9 Å². The minimum Gasteiger partial charge on any atom is -0.466 e. The maximum Gasteiger partial charge on any atom is 0.307 e. The van der Waals surface area contributed by atoms with Gasteiger partial charge in [-0.25, -0.2) is 4.39 Å². The molecule has 1 fully saturated rings. The predicted octanol–water partition coefficient (Wildman–Crippen LogP) is 3.94. The van der Waals surface area contributed by atoms with Gasteiger partial charge in [0.15, 0.2) is 0 Å². The molecule has 1 aliphatic rings. The maximum absolute atomic E-state index is 13.5. The minimum atomic E-state index is -0.424. The van der Waals surface area contributed by atoms with Crippen molar-refractivity contribution < 1.29 is 18.7 Å². The Labute approximate surface area is 143 Å². The fourth-order valence-electron chi connectivity index (χ4n) is 3.25. The lowest BCUT2D eigenvalue weighted by molar-refractivity contribution is -0.143. The number of halogens is 1. The molecule has 2 rings (SSSR count). The van der Waals surface area contributed by atoms with Crippen molar-refractivity contribution in [1.82, 2.24) is 4.90 Å². The molecule has 0 bridgehead atoms. The molecule has 1 aromatic carbocycles. The molecule has 0 N–H and O–H groups in total. The summed E-state index contributed by atoms with van der Waals surface area (Å²) < 4.78 is 18.4. The largest absolute Gasteiger partial charge is 0.466 e. The smallest absolute Gasteiger partial charge is 0.307 e. The first-order valence-corrected chi connectivity index (χ1v) is 8.84. The van der Waals surface area contributed by atoms with Gasteiger partial charge in [-0.15, -0.1) is 0 Å². The molecule has 5 heteroatoms. The summed E-state index contributed by atoms with van der Waals surface area (Å²) in [6.45, 7) is 2.41. The molecule has 0 atom stereocenters. The maximum atomic E-state index is 13.5. The molecule has 1 saturated carbocycles. The van der Waals surface area contributed by atoms with Crippen LogP contribution in [0.1, 0.15) is 62.2 Å². The number of carbonyl (C=O) groups is 2. The second-order valence-electron chi connectivity index (χ2n) is 6.21. The van der Waals surface area contributed by atoms with E-state index in [2.05, 4.69) is 0 Å². The van der Waals surface area contributed by atoms with Crippen LogP contribution in [0, 0.1) is 5.82 Å². The van der Waals surface area contributed by atoms with Crippen molar-refractivity contribution in [2.24, 2.45) is 0 Å². The van der Waals surface area contributed by atoms with Crippen LogP contribution in [-0.4, -0.2) is 36.0 Å². The van der Waals surface area contributed by atoms with E-state index in [9.17, 15) is 14.0 Å². The van der Waals surface area contributed by atoms with Gasteiger partial charge in [0.25, 0.3) is 5.91 Å². The standard InChI is InChI=1S/C19H26FNO3/c1-2-24-18(22)12-13-21(17-10-5-3-4-6-11-17)19(23)15-8-7-9-16(20)14-15/h7-9,14,17H,2-6,10-13H2,1H3. The summed E-state index contributed by atoms with van der Waals surface area (Å²) in [7, 11) is 0. The number of rotatable bonds is 6. The molecular formula is C19H26FNO3. The van der Waals surface area contributed by atoms with Crippen molar-refractivity contribution in [3.05, 3.63) is 35.6 Å². The van der Waals surface area contributed by atoms with Gasteiger partial charge in [-0.05, 0) is 38.0 Å². The second-order valence-corrected chi connectivity index (χ2v) is 6.21. The zero-order valence-corrected chi connectivity index (χ0v) is 14.3. The monoisotopic (exact) mass is 335 g/mol. The third-order valence-electron chi connectivity index (χ3n) is 4.46. The van der Waals surface area contributed by atoms with Crippen LogP contribution < -0.4 is 0 Å². The van der Waals surface area contributed by atoms with Crippen molar-refractivity contribution in [1.29, 1.82) is 0 Å². The normalized spacial score (nSPS) is 15.6. The zero-order chi connectivity index (χ0) is 17.4. The van der Waals surface area contributed by atoms with E-state index in [1.807, 2.05) is 0 Å². The number of esters is 1. The topological polar surface area (TPSA) is 46.6 Å². The average Bonchev–Trinajstić information content (AvgIpc) is 2.84. The minimum absolute atomic E-state index is 0.109. The number of hydrogen-bond donors (Lipinski definition) is 0. The lowest BCUT2D eigenvalue weighted by Gasteiger charge is -2.31. The molecule has 24 heavy (non-hydrogen) atoms. The van der Waals surface area contributed by atoms with Gasteiger partial charge in [0, 0.05) is 18.2 Å².